The molecule has 0 spiro atoms. The van der Waals surface area contributed by atoms with E-state index in [4.69, 9.17) is 16.7 Å². The number of amides is 1. The summed E-state index contributed by atoms with van der Waals surface area (Å²) in [4.78, 5) is 14.7. The van der Waals surface area contributed by atoms with Gasteiger partial charge >= 0.3 is 6.09 Å². The standard InChI is InChI=1S/C12H8ClFN6O2/c13-6-2-1-3-7(14)8(6)16-9-10-18-19-11(17-12(21)22)20(10)5-4-15-9/h1-5H,(H,15,16)(H,17,19)(H,21,22). The fourth-order valence-electron chi connectivity index (χ4n) is 1.83. The first kappa shape index (κ1) is 14.0. The molecule has 0 radical (unpaired) electrons. The third-order valence-electron chi connectivity index (χ3n) is 2.75. The molecular weight excluding hydrogens is 315 g/mol. The van der Waals surface area contributed by atoms with Crippen molar-refractivity contribution < 1.29 is 14.3 Å². The summed E-state index contributed by atoms with van der Waals surface area (Å²) in [6.07, 6.45) is 1.58. The molecule has 0 aliphatic carbocycles. The van der Waals surface area contributed by atoms with E-state index >= 15 is 0 Å². The molecule has 0 aliphatic rings. The largest absolute Gasteiger partial charge is 0.465 e. The van der Waals surface area contributed by atoms with E-state index in [1.807, 2.05) is 0 Å². The van der Waals surface area contributed by atoms with Crippen LogP contribution in [0.15, 0.2) is 30.6 Å². The van der Waals surface area contributed by atoms with Crippen molar-refractivity contribution in [3.05, 3.63) is 41.4 Å². The molecule has 10 heteroatoms. The molecule has 3 rings (SSSR count). The van der Waals surface area contributed by atoms with Gasteiger partial charge in [0.2, 0.25) is 11.6 Å². The van der Waals surface area contributed by atoms with Crippen LogP contribution < -0.4 is 10.6 Å². The van der Waals surface area contributed by atoms with Gasteiger partial charge in [0.25, 0.3) is 0 Å². The molecule has 0 saturated heterocycles. The Morgan fingerprint density at radius 1 is 1.36 bits per heavy atom. The van der Waals surface area contributed by atoms with Crippen LogP contribution >= 0.6 is 11.6 Å². The van der Waals surface area contributed by atoms with Gasteiger partial charge in [-0.1, -0.05) is 17.7 Å². The molecule has 1 amide bonds. The van der Waals surface area contributed by atoms with Gasteiger partial charge in [-0.15, -0.1) is 10.2 Å². The molecule has 2 aromatic heterocycles. The van der Waals surface area contributed by atoms with Gasteiger partial charge in [-0.25, -0.2) is 14.2 Å². The van der Waals surface area contributed by atoms with Crippen LogP contribution in [0.3, 0.4) is 0 Å². The van der Waals surface area contributed by atoms with Gasteiger partial charge in [0.05, 0.1) is 10.7 Å². The average molecular weight is 323 g/mol. The van der Waals surface area contributed by atoms with Crippen LogP contribution in [-0.2, 0) is 0 Å². The van der Waals surface area contributed by atoms with Crippen molar-refractivity contribution in [2.75, 3.05) is 10.6 Å². The van der Waals surface area contributed by atoms with Gasteiger partial charge in [-0.2, -0.15) is 0 Å². The third-order valence-corrected chi connectivity index (χ3v) is 3.07. The zero-order valence-electron chi connectivity index (χ0n) is 10.8. The second-order valence-corrected chi connectivity index (χ2v) is 4.55. The third kappa shape index (κ3) is 2.49. The minimum atomic E-state index is -1.28. The van der Waals surface area contributed by atoms with E-state index in [0.717, 1.165) is 0 Å². The molecule has 3 N–H and O–H groups in total. The van der Waals surface area contributed by atoms with Crippen molar-refractivity contribution in [2.45, 2.75) is 0 Å². The summed E-state index contributed by atoms with van der Waals surface area (Å²) in [5.74, 6) is -0.382. The molecule has 8 nitrogen and oxygen atoms in total. The highest BCUT2D eigenvalue weighted by atomic mass is 35.5. The Kier molecular flexibility index (Phi) is 3.47. The van der Waals surface area contributed by atoms with E-state index < -0.39 is 11.9 Å². The van der Waals surface area contributed by atoms with Crippen molar-refractivity contribution in [3.63, 3.8) is 0 Å². The number of benzene rings is 1. The van der Waals surface area contributed by atoms with Gasteiger partial charge < -0.3 is 10.4 Å². The lowest BCUT2D eigenvalue weighted by molar-refractivity contribution is 0.209. The smallest absolute Gasteiger partial charge is 0.411 e. The Morgan fingerprint density at radius 2 is 2.18 bits per heavy atom. The number of fused-ring (bicyclic) bond motifs is 1. The topological polar surface area (TPSA) is 104 Å². The van der Waals surface area contributed by atoms with Crippen LogP contribution in [0, 0.1) is 5.82 Å². The number of hydrogen-bond donors (Lipinski definition) is 3. The Labute approximate surface area is 127 Å². The maximum atomic E-state index is 13.8. The van der Waals surface area contributed by atoms with E-state index in [1.165, 1.54) is 35.0 Å². The monoisotopic (exact) mass is 322 g/mol. The van der Waals surface area contributed by atoms with Crippen molar-refractivity contribution in [1.82, 2.24) is 19.6 Å². The van der Waals surface area contributed by atoms with Crippen molar-refractivity contribution >= 4 is 40.8 Å². The van der Waals surface area contributed by atoms with Gasteiger partial charge in [0.15, 0.2) is 5.82 Å². The first-order valence-electron chi connectivity index (χ1n) is 5.97. The SMILES string of the molecule is O=C(O)Nc1nnc2c(Nc3c(F)cccc3Cl)nccn12. The molecule has 0 fully saturated rings. The number of nitrogens with zero attached hydrogens (tertiary/aromatic N) is 4. The number of para-hydroxylation sites is 1. The molecule has 1 aromatic carbocycles. The zero-order chi connectivity index (χ0) is 15.7. The highest BCUT2D eigenvalue weighted by molar-refractivity contribution is 6.33. The number of anilines is 3. The van der Waals surface area contributed by atoms with Crippen LogP contribution in [0.4, 0.5) is 26.6 Å². The molecule has 0 atom stereocenters. The van der Waals surface area contributed by atoms with Crippen LogP contribution in [0.2, 0.25) is 5.02 Å². The maximum absolute atomic E-state index is 13.8. The van der Waals surface area contributed by atoms with Crippen LogP contribution in [0.5, 0.6) is 0 Å². The Morgan fingerprint density at radius 3 is 2.91 bits per heavy atom. The number of rotatable bonds is 3. The van der Waals surface area contributed by atoms with Crippen molar-refractivity contribution in [1.29, 1.82) is 0 Å². The lowest BCUT2D eigenvalue weighted by atomic mass is 10.3. The average Bonchev–Trinajstić information content (AvgIpc) is 2.86. The minimum Gasteiger partial charge on any atom is -0.465 e. The van der Waals surface area contributed by atoms with Gasteiger partial charge in [0, 0.05) is 12.4 Å². The second kappa shape index (κ2) is 5.45. The molecular formula is C12H8ClFN6O2. The number of carbonyl (C=O) groups is 1. The number of hydrogen-bond acceptors (Lipinski definition) is 5. The molecule has 3 aromatic rings. The molecule has 22 heavy (non-hydrogen) atoms. The first-order chi connectivity index (χ1) is 10.6. The molecule has 112 valence electrons. The maximum Gasteiger partial charge on any atom is 0.411 e. The lowest BCUT2D eigenvalue weighted by Crippen LogP contribution is -2.10. The first-order valence-corrected chi connectivity index (χ1v) is 6.35. The van der Waals surface area contributed by atoms with Gasteiger partial charge in [-0.3, -0.25) is 9.72 Å². The fraction of sp³-hybridized carbons (Fsp3) is 0. The Bertz CT molecular complexity index is 848. The lowest BCUT2D eigenvalue weighted by Gasteiger charge is -2.09. The number of nitrogens with one attached hydrogen (secondary N) is 2. The zero-order valence-corrected chi connectivity index (χ0v) is 11.5. The quantitative estimate of drug-likeness (QED) is 0.685. The Balaban J connectivity index is 2.05. The van der Waals surface area contributed by atoms with E-state index in [0.29, 0.717) is 0 Å². The highest BCUT2D eigenvalue weighted by Gasteiger charge is 2.14. The van der Waals surface area contributed by atoms with E-state index in [2.05, 4.69) is 25.8 Å². The number of carboxylic acid groups (broad SMARTS) is 1. The number of halogens is 2. The van der Waals surface area contributed by atoms with Crippen LogP contribution in [-0.4, -0.2) is 30.8 Å². The van der Waals surface area contributed by atoms with E-state index in [1.54, 1.807) is 0 Å². The predicted molar refractivity (Wildman–Crippen MR) is 77.1 cm³/mol. The normalized spacial score (nSPS) is 10.6. The second-order valence-electron chi connectivity index (χ2n) is 4.14. The van der Waals surface area contributed by atoms with E-state index in [-0.39, 0.29) is 28.1 Å². The van der Waals surface area contributed by atoms with Crippen LogP contribution in [0.1, 0.15) is 0 Å². The summed E-state index contributed by atoms with van der Waals surface area (Å²) >= 11 is 5.94. The van der Waals surface area contributed by atoms with Crippen molar-refractivity contribution in [2.24, 2.45) is 0 Å². The highest BCUT2D eigenvalue weighted by Crippen LogP contribution is 2.28. The van der Waals surface area contributed by atoms with Gasteiger partial charge in [-0.05, 0) is 12.1 Å². The summed E-state index contributed by atoms with van der Waals surface area (Å²) in [6.45, 7) is 0. The fourth-order valence-corrected chi connectivity index (χ4v) is 2.04. The summed E-state index contributed by atoms with van der Waals surface area (Å²) in [6, 6.07) is 4.24. The number of aromatic nitrogens is 4. The predicted octanol–water partition coefficient (Wildman–Crippen LogP) is 2.75. The summed E-state index contributed by atoms with van der Waals surface area (Å²) in [5.41, 5.74) is 0.256. The molecule has 0 bridgehead atoms. The minimum absolute atomic E-state index is 0.00687. The molecule has 0 unspecified atom stereocenters. The van der Waals surface area contributed by atoms with Gasteiger partial charge in [0.1, 0.15) is 5.82 Å². The summed E-state index contributed by atoms with van der Waals surface area (Å²) in [7, 11) is 0. The molecule has 0 saturated carbocycles. The van der Waals surface area contributed by atoms with Crippen LogP contribution in [0.25, 0.3) is 5.65 Å². The Hall–Kier alpha value is -2.94. The van der Waals surface area contributed by atoms with Crippen molar-refractivity contribution in [3.8, 4) is 0 Å². The molecule has 0 aliphatic heterocycles. The summed E-state index contributed by atoms with van der Waals surface area (Å²) in [5, 5.41) is 21.3. The summed E-state index contributed by atoms with van der Waals surface area (Å²) < 4.78 is 15.2. The molecule has 2 heterocycles. The van der Waals surface area contributed by atoms with E-state index in [9.17, 15) is 9.18 Å².